The maximum Gasteiger partial charge on any atom is 0.242 e. The highest BCUT2D eigenvalue weighted by molar-refractivity contribution is 6.96. The van der Waals surface area contributed by atoms with E-state index in [9.17, 15) is 5.26 Å². The van der Waals surface area contributed by atoms with Crippen molar-refractivity contribution >= 4 is 23.1 Å². The highest BCUT2D eigenvalue weighted by atomic mass is 14.2. The van der Waals surface area contributed by atoms with Crippen molar-refractivity contribution in [3.05, 3.63) is 87.5 Å². The summed E-state index contributed by atoms with van der Waals surface area (Å²) in [5.41, 5.74) is 12.6. The van der Waals surface area contributed by atoms with Crippen molar-refractivity contribution in [3.8, 4) is 6.07 Å². The first-order valence-electron chi connectivity index (χ1n) is 9.47. The third kappa shape index (κ3) is 3.69. The van der Waals surface area contributed by atoms with Crippen LogP contribution in [0.1, 0.15) is 38.9 Å². The Morgan fingerprint density at radius 3 is 1.33 bits per heavy atom. The topological polar surface area (TPSA) is 23.8 Å². The molecule has 0 N–H and O–H groups in total. The SMILES string of the molecule is Cc1cc(C)c(B(c2ccc(C#N)cc2)c2c(C)cc(C)cc2C)c(C)c1. The smallest absolute Gasteiger partial charge is 0.192 e. The first-order chi connectivity index (χ1) is 12.8. The van der Waals surface area contributed by atoms with Gasteiger partial charge in [0.2, 0.25) is 6.71 Å². The Bertz CT molecular complexity index is 935. The molecule has 0 fully saturated rings. The van der Waals surface area contributed by atoms with E-state index in [4.69, 9.17) is 0 Å². The lowest BCUT2D eigenvalue weighted by Gasteiger charge is -2.24. The van der Waals surface area contributed by atoms with E-state index in [2.05, 4.69) is 84.0 Å². The number of nitrogens with zero attached hydrogens (tertiary/aromatic N) is 1. The van der Waals surface area contributed by atoms with Crippen molar-refractivity contribution in [3.63, 3.8) is 0 Å². The molecule has 134 valence electrons. The predicted molar refractivity (Wildman–Crippen MR) is 117 cm³/mol. The highest BCUT2D eigenvalue weighted by Gasteiger charge is 2.28. The van der Waals surface area contributed by atoms with Crippen LogP contribution in [-0.2, 0) is 0 Å². The van der Waals surface area contributed by atoms with Crippen LogP contribution in [0.5, 0.6) is 0 Å². The molecule has 3 rings (SSSR count). The van der Waals surface area contributed by atoms with E-state index in [1.54, 1.807) is 0 Å². The molecule has 0 amide bonds. The average Bonchev–Trinajstić information content (AvgIpc) is 2.59. The molecular formula is C25H26BN. The van der Waals surface area contributed by atoms with Crippen molar-refractivity contribution in [1.82, 2.24) is 0 Å². The minimum atomic E-state index is 0.166. The summed E-state index contributed by atoms with van der Waals surface area (Å²) in [6.07, 6.45) is 0. The predicted octanol–water partition coefficient (Wildman–Crippen LogP) is 3.93. The summed E-state index contributed by atoms with van der Waals surface area (Å²) in [5.74, 6) is 0. The van der Waals surface area contributed by atoms with E-state index in [0.29, 0.717) is 5.56 Å². The van der Waals surface area contributed by atoms with Gasteiger partial charge in [-0.2, -0.15) is 5.26 Å². The molecule has 3 aromatic carbocycles. The van der Waals surface area contributed by atoms with Crippen molar-refractivity contribution < 1.29 is 0 Å². The van der Waals surface area contributed by atoms with E-state index in [1.807, 2.05) is 12.1 Å². The Labute approximate surface area is 163 Å². The number of benzene rings is 3. The van der Waals surface area contributed by atoms with Gasteiger partial charge in [0.25, 0.3) is 0 Å². The van der Waals surface area contributed by atoms with Crippen LogP contribution in [-0.4, -0.2) is 6.71 Å². The molecule has 0 atom stereocenters. The van der Waals surface area contributed by atoms with Crippen LogP contribution in [0.3, 0.4) is 0 Å². The first kappa shape index (κ1) is 19.0. The van der Waals surface area contributed by atoms with Gasteiger partial charge < -0.3 is 0 Å². The number of nitriles is 1. The standard InChI is InChI=1S/C25H26BN/c1-16-11-18(3)24(19(4)12-16)26(23-9-7-22(15-27)8-10-23)25-20(5)13-17(2)14-21(25)6/h7-14H,1-6H3. The molecule has 0 aromatic heterocycles. The molecule has 3 aromatic rings. The second-order valence-corrected chi connectivity index (χ2v) is 7.79. The summed E-state index contributed by atoms with van der Waals surface area (Å²) in [7, 11) is 0. The quantitative estimate of drug-likeness (QED) is 0.656. The molecule has 0 saturated carbocycles. The van der Waals surface area contributed by atoms with E-state index in [-0.39, 0.29) is 6.71 Å². The van der Waals surface area contributed by atoms with Crippen molar-refractivity contribution in [2.75, 3.05) is 0 Å². The van der Waals surface area contributed by atoms with Crippen molar-refractivity contribution in [2.24, 2.45) is 0 Å². The van der Waals surface area contributed by atoms with Crippen molar-refractivity contribution in [2.45, 2.75) is 41.5 Å². The van der Waals surface area contributed by atoms with Gasteiger partial charge in [0.05, 0.1) is 11.6 Å². The van der Waals surface area contributed by atoms with Gasteiger partial charge in [-0.15, -0.1) is 0 Å². The van der Waals surface area contributed by atoms with E-state index in [0.717, 1.165) is 0 Å². The third-order valence-corrected chi connectivity index (χ3v) is 5.43. The number of rotatable bonds is 3. The number of hydrogen-bond donors (Lipinski definition) is 0. The van der Waals surface area contributed by atoms with Crippen LogP contribution < -0.4 is 16.4 Å². The molecule has 1 nitrogen and oxygen atoms in total. The molecule has 0 unspecified atom stereocenters. The highest BCUT2D eigenvalue weighted by Crippen LogP contribution is 2.13. The van der Waals surface area contributed by atoms with Gasteiger partial charge >= 0.3 is 0 Å². The van der Waals surface area contributed by atoms with Crippen molar-refractivity contribution in [1.29, 1.82) is 5.26 Å². The van der Waals surface area contributed by atoms with Gasteiger partial charge in [0.1, 0.15) is 0 Å². The van der Waals surface area contributed by atoms with Gasteiger partial charge in [-0.25, -0.2) is 0 Å². The lowest BCUT2D eigenvalue weighted by atomic mass is 9.34. The van der Waals surface area contributed by atoms with Crippen LogP contribution in [0, 0.1) is 52.9 Å². The van der Waals surface area contributed by atoms with Crippen LogP contribution in [0.15, 0.2) is 48.5 Å². The monoisotopic (exact) mass is 351 g/mol. The zero-order valence-electron chi connectivity index (χ0n) is 17.1. The molecular weight excluding hydrogens is 325 g/mol. The lowest BCUT2D eigenvalue weighted by molar-refractivity contribution is 1.34. The second kappa shape index (κ2) is 7.45. The molecule has 0 saturated heterocycles. The molecule has 2 heteroatoms. The zero-order chi connectivity index (χ0) is 19.7. The first-order valence-corrected chi connectivity index (χ1v) is 9.47. The summed E-state index contributed by atoms with van der Waals surface area (Å²) in [6.45, 7) is 13.3. The molecule has 0 aliphatic heterocycles. The molecule has 0 aliphatic rings. The average molecular weight is 351 g/mol. The van der Waals surface area contributed by atoms with Gasteiger partial charge in [0.15, 0.2) is 0 Å². The molecule has 27 heavy (non-hydrogen) atoms. The number of aryl methyl sites for hydroxylation is 6. The Balaban J connectivity index is 2.33. The molecule has 0 aliphatic carbocycles. The summed E-state index contributed by atoms with van der Waals surface area (Å²) in [6, 6.07) is 19.4. The Morgan fingerprint density at radius 1 is 0.630 bits per heavy atom. The second-order valence-electron chi connectivity index (χ2n) is 7.79. The van der Waals surface area contributed by atoms with Crippen LogP contribution in [0.4, 0.5) is 0 Å². The van der Waals surface area contributed by atoms with Gasteiger partial charge in [0, 0.05) is 0 Å². The minimum absolute atomic E-state index is 0.166. The van der Waals surface area contributed by atoms with Gasteiger partial charge in [-0.1, -0.05) is 86.2 Å². The largest absolute Gasteiger partial charge is 0.242 e. The van der Waals surface area contributed by atoms with Crippen LogP contribution in [0.25, 0.3) is 0 Å². The molecule has 0 spiro atoms. The fraction of sp³-hybridized carbons (Fsp3) is 0.240. The summed E-state index contributed by atoms with van der Waals surface area (Å²) in [4.78, 5) is 0. The fourth-order valence-electron chi connectivity index (χ4n) is 4.52. The Hall–Kier alpha value is -2.79. The molecule has 0 radical (unpaired) electrons. The van der Waals surface area contributed by atoms with Gasteiger partial charge in [-0.3, -0.25) is 0 Å². The van der Waals surface area contributed by atoms with Gasteiger partial charge in [-0.05, 0) is 53.7 Å². The maximum atomic E-state index is 9.19. The summed E-state index contributed by atoms with van der Waals surface area (Å²) >= 11 is 0. The zero-order valence-corrected chi connectivity index (χ0v) is 17.1. The molecule has 0 heterocycles. The van der Waals surface area contributed by atoms with E-state index < -0.39 is 0 Å². The molecule has 0 bridgehead atoms. The fourth-order valence-corrected chi connectivity index (χ4v) is 4.52. The minimum Gasteiger partial charge on any atom is -0.192 e. The Kier molecular flexibility index (Phi) is 5.24. The maximum absolute atomic E-state index is 9.19. The van der Waals surface area contributed by atoms with Crippen LogP contribution in [0.2, 0.25) is 0 Å². The summed E-state index contributed by atoms with van der Waals surface area (Å²) < 4.78 is 0. The van der Waals surface area contributed by atoms with Crippen LogP contribution >= 0.6 is 0 Å². The number of hydrogen-bond acceptors (Lipinski definition) is 1. The lowest BCUT2D eigenvalue weighted by Crippen LogP contribution is -2.55. The normalized spacial score (nSPS) is 10.6. The van der Waals surface area contributed by atoms with E-state index in [1.165, 1.54) is 49.8 Å². The Morgan fingerprint density at radius 2 is 1.00 bits per heavy atom. The summed E-state index contributed by atoms with van der Waals surface area (Å²) in [5, 5.41) is 9.19. The third-order valence-electron chi connectivity index (χ3n) is 5.43. The van der Waals surface area contributed by atoms with E-state index >= 15 is 0 Å².